The topological polar surface area (TPSA) is 65.2 Å². The van der Waals surface area contributed by atoms with E-state index in [1.807, 2.05) is 0 Å². The number of nitrogens with two attached hydrogens (primary N) is 1. The summed E-state index contributed by atoms with van der Waals surface area (Å²) >= 11 is 0. The molecule has 0 unspecified atom stereocenters. The minimum Gasteiger partial charge on any atom is -0.461 e. The summed E-state index contributed by atoms with van der Waals surface area (Å²) in [6.45, 7) is 2.05. The van der Waals surface area contributed by atoms with Crippen molar-refractivity contribution in [3.63, 3.8) is 0 Å². The molecule has 1 rings (SSSR count). The van der Waals surface area contributed by atoms with Gasteiger partial charge in [0.2, 0.25) is 0 Å². The number of nitrogens with zero attached hydrogens (tertiary/aromatic N) is 1. The van der Waals surface area contributed by atoms with Crippen LogP contribution >= 0.6 is 0 Å². The molecule has 1 heterocycles. The van der Waals surface area contributed by atoms with Crippen molar-refractivity contribution in [3.05, 3.63) is 35.8 Å². The number of esters is 1. The summed E-state index contributed by atoms with van der Waals surface area (Å²) in [5.41, 5.74) is 6.35. The van der Waals surface area contributed by atoms with Crippen molar-refractivity contribution in [2.75, 3.05) is 6.61 Å². The summed E-state index contributed by atoms with van der Waals surface area (Å²) in [7, 11) is 0. The SMILES string of the molecule is CCOC(=O)/C(N)=C/c1cccnc1. The molecule has 0 fully saturated rings. The average Bonchev–Trinajstić information content (AvgIpc) is 2.19. The minimum atomic E-state index is -0.503. The highest BCUT2D eigenvalue weighted by Gasteiger charge is 2.04. The molecule has 1 aromatic rings. The van der Waals surface area contributed by atoms with Gasteiger partial charge in [0.1, 0.15) is 5.70 Å². The first-order valence-electron chi connectivity index (χ1n) is 4.28. The summed E-state index contributed by atoms with van der Waals surface area (Å²) in [6.07, 6.45) is 4.80. The highest BCUT2D eigenvalue weighted by atomic mass is 16.5. The molecule has 74 valence electrons. The Bertz CT molecular complexity index is 333. The number of carbonyl (C=O) groups excluding carboxylic acids is 1. The van der Waals surface area contributed by atoms with Crippen molar-refractivity contribution >= 4 is 12.0 Å². The van der Waals surface area contributed by atoms with E-state index in [2.05, 4.69) is 4.98 Å². The first-order chi connectivity index (χ1) is 6.74. The lowest BCUT2D eigenvalue weighted by atomic mass is 10.2. The van der Waals surface area contributed by atoms with Crippen molar-refractivity contribution in [2.45, 2.75) is 6.92 Å². The third-order valence-electron chi connectivity index (χ3n) is 1.52. The summed E-state index contributed by atoms with van der Waals surface area (Å²) in [5, 5.41) is 0. The zero-order valence-corrected chi connectivity index (χ0v) is 7.93. The lowest BCUT2D eigenvalue weighted by molar-refractivity contribution is -0.138. The fraction of sp³-hybridized carbons (Fsp3) is 0.200. The Morgan fingerprint density at radius 2 is 2.50 bits per heavy atom. The van der Waals surface area contributed by atoms with E-state index < -0.39 is 5.97 Å². The van der Waals surface area contributed by atoms with Crippen molar-refractivity contribution in [1.82, 2.24) is 4.98 Å². The van der Waals surface area contributed by atoms with E-state index in [-0.39, 0.29) is 5.70 Å². The van der Waals surface area contributed by atoms with Crippen molar-refractivity contribution < 1.29 is 9.53 Å². The first-order valence-corrected chi connectivity index (χ1v) is 4.28. The summed E-state index contributed by atoms with van der Waals surface area (Å²) in [6, 6.07) is 3.57. The van der Waals surface area contributed by atoms with Crippen LogP contribution in [0.1, 0.15) is 12.5 Å². The van der Waals surface area contributed by atoms with E-state index in [0.29, 0.717) is 6.61 Å². The zero-order chi connectivity index (χ0) is 10.4. The molecule has 14 heavy (non-hydrogen) atoms. The molecule has 0 saturated heterocycles. The van der Waals surface area contributed by atoms with Gasteiger partial charge in [0.25, 0.3) is 0 Å². The predicted octanol–water partition coefficient (Wildman–Crippen LogP) is 0.944. The zero-order valence-electron chi connectivity index (χ0n) is 7.93. The van der Waals surface area contributed by atoms with Crippen LogP contribution < -0.4 is 5.73 Å². The van der Waals surface area contributed by atoms with E-state index in [0.717, 1.165) is 5.56 Å². The van der Waals surface area contributed by atoms with Crippen molar-refractivity contribution in [2.24, 2.45) is 5.73 Å². The molecule has 0 saturated carbocycles. The Kier molecular flexibility index (Phi) is 3.67. The monoisotopic (exact) mass is 192 g/mol. The fourth-order valence-corrected chi connectivity index (χ4v) is 0.914. The second-order valence-electron chi connectivity index (χ2n) is 2.61. The van der Waals surface area contributed by atoms with Gasteiger partial charge < -0.3 is 10.5 Å². The highest BCUT2D eigenvalue weighted by molar-refractivity contribution is 5.92. The minimum absolute atomic E-state index is 0.0832. The largest absolute Gasteiger partial charge is 0.461 e. The van der Waals surface area contributed by atoms with Crippen molar-refractivity contribution in [1.29, 1.82) is 0 Å². The van der Waals surface area contributed by atoms with Gasteiger partial charge in [-0.2, -0.15) is 0 Å². The summed E-state index contributed by atoms with van der Waals surface area (Å²) in [5.74, 6) is -0.503. The Hall–Kier alpha value is -1.84. The van der Waals surface area contributed by atoms with E-state index in [4.69, 9.17) is 10.5 Å². The maximum Gasteiger partial charge on any atom is 0.354 e. The molecule has 0 atom stereocenters. The summed E-state index contributed by atoms with van der Waals surface area (Å²) in [4.78, 5) is 15.0. The predicted molar refractivity (Wildman–Crippen MR) is 53.0 cm³/mol. The maximum absolute atomic E-state index is 11.1. The number of rotatable bonds is 3. The molecule has 4 heteroatoms. The van der Waals surface area contributed by atoms with E-state index in [1.54, 1.807) is 31.5 Å². The van der Waals surface area contributed by atoms with E-state index in [9.17, 15) is 4.79 Å². The molecule has 2 N–H and O–H groups in total. The molecule has 0 amide bonds. The van der Waals surface area contributed by atoms with Gasteiger partial charge in [-0.1, -0.05) is 6.07 Å². The molecular formula is C10H12N2O2. The third kappa shape index (κ3) is 2.90. The first kappa shape index (κ1) is 10.2. The van der Waals surface area contributed by atoms with Crippen LogP contribution in [0, 0.1) is 0 Å². The Labute approximate surface area is 82.4 Å². The highest BCUT2D eigenvalue weighted by Crippen LogP contribution is 2.02. The number of hydrogen-bond acceptors (Lipinski definition) is 4. The van der Waals surface area contributed by atoms with Crippen LogP contribution in [-0.4, -0.2) is 17.6 Å². The van der Waals surface area contributed by atoms with E-state index >= 15 is 0 Å². The molecule has 0 aliphatic rings. The Balaban J connectivity index is 2.74. The number of ether oxygens (including phenoxy) is 1. The lowest BCUT2D eigenvalue weighted by Crippen LogP contribution is -2.14. The number of pyridine rings is 1. The second-order valence-corrected chi connectivity index (χ2v) is 2.61. The van der Waals surface area contributed by atoms with Gasteiger partial charge in [0.15, 0.2) is 0 Å². The van der Waals surface area contributed by atoms with Crippen LogP contribution in [0.3, 0.4) is 0 Å². The third-order valence-corrected chi connectivity index (χ3v) is 1.52. The normalized spacial score (nSPS) is 11.1. The number of carbonyl (C=O) groups is 1. The number of aromatic nitrogens is 1. The average molecular weight is 192 g/mol. The van der Waals surface area contributed by atoms with Crippen LogP contribution in [0.2, 0.25) is 0 Å². The standard InChI is InChI=1S/C10H12N2O2/c1-2-14-10(13)9(11)6-8-4-3-5-12-7-8/h3-7H,2,11H2,1H3/b9-6-. The fourth-order valence-electron chi connectivity index (χ4n) is 0.914. The van der Waals surface area contributed by atoms with Gasteiger partial charge in [-0.3, -0.25) is 4.98 Å². The molecule has 0 aliphatic heterocycles. The van der Waals surface area contributed by atoms with Crippen LogP contribution in [0.4, 0.5) is 0 Å². The quantitative estimate of drug-likeness (QED) is 0.572. The molecule has 1 aromatic heterocycles. The van der Waals surface area contributed by atoms with Crippen molar-refractivity contribution in [3.8, 4) is 0 Å². The molecule has 0 aromatic carbocycles. The molecule has 0 radical (unpaired) electrons. The van der Waals surface area contributed by atoms with Gasteiger partial charge in [-0.25, -0.2) is 4.79 Å². The maximum atomic E-state index is 11.1. The second kappa shape index (κ2) is 5.01. The van der Waals surface area contributed by atoms with Gasteiger partial charge >= 0.3 is 5.97 Å². The van der Waals surface area contributed by atoms with Gasteiger partial charge in [0.05, 0.1) is 6.61 Å². The number of hydrogen-bond donors (Lipinski definition) is 1. The van der Waals surface area contributed by atoms with Gasteiger partial charge in [-0.05, 0) is 24.6 Å². The van der Waals surface area contributed by atoms with Crippen LogP contribution in [0.5, 0.6) is 0 Å². The molecule has 0 bridgehead atoms. The Morgan fingerprint density at radius 1 is 1.71 bits per heavy atom. The van der Waals surface area contributed by atoms with E-state index in [1.165, 1.54) is 6.08 Å². The van der Waals surface area contributed by atoms with Crippen LogP contribution in [0.25, 0.3) is 6.08 Å². The summed E-state index contributed by atoms with van der Waals surface area (Å²) < 4.78 is 4.72. The molecule has 0 spiro atoms. The lowest BCUT2D eigenvalue weighted by Gasteiger charge is -2.00. The van der Waals surface area contributed by atoms with Gasteiger partial charge in [0, 0.05) is 12.4 Å². The molecular weight excluding hydrogens is 180 g/mol. The molecule has 0 aliphatic carbocycles. The van der Waals surface area contributed by atoms with Crippen LogP contribution in [0.15, 0.2) is 30.2 Å². The van der Waals surface area contributed by atoms with Crippen LogP contribution in [-0.2, 0) is 9.53 Å². The smallest absolute Gasteiger partial charge is 0.354 e. The molecule has 4 nitrogen and oxygen atoms in total. The van der Waals surface area contributed by atoms with Gasteiger partial charge in [-0.15, -0.1) is 0 Å². The Morgan fingerprint density at radius 3 is 3.07 bits per heavy atom.